The number of benzene rings is 2. The molecule has 1 fully saturated rings. The van der Waals surface area contributed by atoms with Crippen molar-refractivity contribution >= 4 is 46.4 Å². The number of hydrogen-bond donors (Lipinski definition) is 2. The zero-order valence-corrected chi connectivity index (χ0v) is 22.7. The average molecular weight is 525 g/mol. The third-order valence-corrected chi connectivity index (χ3v) is 7.05. The van der Waals surface area contributed by atoms with Crippen LogP contribution in [0, 0.1) is 12.7 Å². The SMILES string of the molecule is CNCCN(C)c1nc(N2CC(N(C)C)C2)nc2c(F)c(/C=C/C(O)=C\c3ccccc3C)c(Cl)cc12. The molecule has 196 valence electrons. The molecule has 1 aromatic heterocycles. The zero-order valence-electron chi connectivity index (χ0n) is 22.0. The highest BCUT2D eigenvalue weighted by atomic mass is 35.5. The van der Waals surface area contributed by atoms with E-state index in [0.717, 1.165) is 30.8 Å². The number of aromatic nitrogens is 2. The van der Waals surface area contributed by atoms with E-state index in [-0.39, 0.29) is 21.9 Å². The first-order chi connectivity index (χ1) is 17.7. The number of aryl methyl sites for hydroxylation is 1. The van der Waals surface area contributed by atoms with Crippen LogP contribution in [0.1, 0.15) is 16.7 Å². The summed E-state index contributed by atoms with van der Waals surface area (Å²) in [4.78, 5) is 15.6. The minimum Gasteiger partial charge on any atom is -0.508 e. The Balaban J connectivity index is 1.75. The van der Waals surface area contributed by atoms with Crippen molar-refractivity contribution in [2.75, 3.05) is 64.2 Å². The van der Waals surface area contributed by atoms with Crippen molar-refractivity contribution in [2.45, 2.75) is 13.0 Å². The molecule has 1 aliphatic heterocycles. The van der Waals surface area contributed by atoms with E-state index in [4.69, 9.17) is 16.6 Å². The van der Waals surface area contributed by atoms with Crippen molar-refractivity contribution in [1.82, 2.24) is 20.2 Å². The van der Waals surface area contributed by atoms with Gasteiger partial charge in [0.05, 0.1) is 5.02 Å². The molecule has 0 saturated carbocycles. The maximum atomic E-state index is 16.0. The van der Waals surface area contributed by atoms with E-state index in [9.17, 15) is 5.11 Å². The second-order valence-electron chi connectivity index (χ2n) is 9.64. The number of nitrogens with one attached hydrogen (secondary N) is 1. The molecule has 0 aliphatic carbocycles. The van der Waals surface area contributed by atoms with Crippen molar-refractivity contribution in [3.8, 4) is 0 Å². The van der Waals surface area contributed by atoms with E-state index in [0.29, 0.717) is 29.7 Å². The van der Waals surface area contributed by atoms with Gasteiger partial charge in [-0.25, -0.2) is 9.37 Å². The lowest BCUT2D eigenvalue weighted by molar-refractivity contribution is 0.245. The van der Waals surface area contributed by atoms with Crippen molar-refractivity contribution in [3.05, 3.63) is 69.7 Å². The Hall–Kier alpha value is -3.20. The van der Waals surface area contributed by atoms with E-state index in [2.05, 4.69) is 20.1 Å². The number of hydrogen-bond acceptors (Lipinski definition) is 7. The molecular formula is C28H34ClFN6O. The molecule has 1 aliphatic rings. The predicted octanol–water partition coefficient (Wildman–Crippen LogP) is 4.75. The van der Waals surface area contributed by atoms with Crippen molar-refractivity contribution in [3.63, 3.8) is 0 Å². The van der Waals surface area contributed by atoms with Crippen molar-refractivity contribution in [2.24, 2.45) is 0 Å². The fraction of sp³-hybridized carbons (Fsp3) is 0.357. The summed E-state index contributed by atoms with van der Waals surface area (Å²) in [6.07, 6.45) is 4.57. The lowest BCUT2D eigenvalue weighted by Gasteiger charge is -2.43. The second kappa shape index (κ2) is 11.5. The van der Waals surface area contributed by atoms with E-state index < -0.39 is 5.82 Å². The fourth-order valence-electron chi connectivity index (χ4n) is 4.22. The number of anilines is 2. The maximum absolute atomic E-state index is 16.0. The van der Waals surface area contributed by atoms with Crippen LogP contribution in [0.2, 0.25) is 5.02 Å². The first kappa shape index (κ1) is 26.9. The molecule has 3 aromatic rings. The van der Waals surface area contributed by atoms with Gasteiger partial charge in [-0.15, -0.1) is 0 Å². The van der Waals surface area contributed by atoms with Gasteiger partial charge in [-0.3, -0.25) is 0 Å². The Morgan fingerprint density at radius 2 is 1.97 bits per heavy atom. The maximum Gasteiger partial charge on any atom is 0.228 e. The van der Waals surface area contributed by atoms with Crippen molar-refractivity contribution in [1.29, 1.82) is 0 Å². The molecule has 2 aromatic carbocycles. The highest BCUT2D eigenvalue weighted by Crippen LogP contribution is 2.35. The van der Waals surface area contributed by atoms with Crippen LogP contribution in [-0.4, -0.2) is 80.4 Å². The van der Waals surface area contributed by atoms with Crippen molar-refractivity contribution < 1.29 is 9.50 Å². The van der Waals surface area contributed by atoms with E-state index in [1.165, 1.54) is 12.2 Å². The normalized spacial score (nSPS) is 14.7. The van der Waals surface area contributed by atoms with Gasteiger partial charge in [-0.2, -0.15) is 4.98 Å². The number of aliphatic hydroxyl groups excluding tert-OH is 1. The Bertz CT molecular complexity index is 1340. The van der Waals surface area contributed by atoms with Gasteiger partial charge in [-0.1, -0.05) is 35.9 Å². The standard InChI is InChI=1S/C28H34ClFN6O/c1-18-8-6-7-9-19(18)14-21(37)10-11-22-24(29)15-23-26(25(22)30)32-28(36-16-20(17-36)34(3)4)33-27(23)35(5)13-12-31-2/h6-11,14-15,20,31,37H,12-13,16-17H2,1-5H3/b11-10+,21-14+. The summed E-state index contributed by atoms with van der Waals surface area (Å²) in [5.74, 6) is 0.576. The molecule has 0 atom stereocenters. The summed E-state index contributed by atoms with van der Waals surface area (Å²) in [5, 5.41) is 14.4. The van der Waals surface area contributed by atoms with Gasteiger partial charge in [0.1, 0.15) is 17.1 Å². The molecule has 7 nitrogen and oxygen atoms in total. The molecule has 2 N–H and O–H groups in total. The summed E-state index contributed by atoms with van der Waals surface area (Å²) in [6, 6.07) is 9.81. The smallest absolute Gasteiger partial charge is 0.228 e. The Labute approximate surface area is 222 Å². The predicted molar refractivity (Wildman–Crippen MR) is 152 cm³/mol. The largest absolute Gasteiger partial charge is 0.508 e. The lowest BCUT2D eigenvalue weighted by atomic mass is 10.1. The molecule has 0 radical (unpaired) electrons. The van der Waals surface area contributed by atoms with Crippen LogP contribution in [0.3, 0.4) is 0 Å². The number of fused-ring (bicyclic) bond motifs is 1. The van der Waals surface area contributed by atoms with Gasteiger partial charge in [0.25, 0.3) is 0 Å². The monoisotopic (exact) mass is 524 g/mol. The van der Waals surface area contributed by atoms with Gasteiger partial charge < -0.3 is 25.1 Å². The van der Waals surface area contributed by atoms with Gasteiger partial charge in [-0.05, 0) is 63.5 Å². The first-order valence-electron chi connectivity index (χ1n) is 12.3. The lowest BCUT2D eigenvalue weighted by Crippen LogP contribution is -2.58. The average Bonchev–Trinajstić information content (AvgIpc) is 2.82. The number of nitrogens with zero attached hydrogens (tertiary/aromatic N) is 5. The summed E-state index contributed by atoms with van der Waals surface area (Å²) in [5.41, 5.74) is 2.28. The third kappa shape index (κ3) is 5.87. The quantitative estimate of drug-likeness (QED) is 0.309. The van der Waals surface area contributed by atoms with Gasteiger partial charge >= 0.3 is 0 Å². The van der Waals surface area contributed by atoms with Gasteiger partial charge in [0.15, 0.2) is 5.82 Å². The first-order valence-corrected chi connectivity index (χ1v) is 12.7. The van der Waals surface area contributed by atoms with Crippen LogP contribution >= 0.6 is 11.6 Å². The van der Waals surface area contributed by atoms with Gasteiger partial charge in [0, 0.05) is 50.2 Å². The molecule has 1 saturated heterocycles. The van der Waals surface area contributed by atoms with E-state index in [1.54, 1.807) is 12.1 Å². The Morgan fingerprint density at radius 3 is 2.65 bits per heavy atom. The van der Waals surface area contributed by atoms with Crippen LogP contribution < -0.4 is 15.1 Å². The van der Waals surface area contributed by atoms with Crippen LogP contribution in [0.15, 0.2) is 42.2 Å². The third-order valence-electron chi connectivity index (χ3n) is 6.73. The van der Waals surface area contributed by atoms with Crippen LogP contribution in [0.5, 0.6) is 0 Å². The van der Waals surface area contributed by atoms with Crippen LogP contribution in [0.25, 0.3) is 23.1 Å². The highest BCUT2D eigenvalue weighted by molar-refractivity contribution is 6.33. The minimum absolute atomic E-state index is 0.00367. The molecule has 9 heteroatoms. The summed E-state index contributed by atoms with van der Waals surface area (Å²) < 4.78 is 16.0. The second-order valence-corrected chi connectivity index (χ2v) is 10.0. The van der Waals surface area contributed by atoms with Crippen LogP contribution in [0.4, 0.5) is 16.2 Å². The summed E-state index contributed by atoms with van der Waals surface area (Å²) >= 11 is 6.56. The number of rotatable bonds is 9. The summed E-state index contributed by atoms with van der Waals surface area (Å²) in [6.45, 7) is 4.94. The molecule has 4 rings (SSSR count). The highest BCUT2D eigenvalue weighted by Gasteiger charge is 2.31. The van der Waals surface area contributed by atoms with E-state index >= 15 is 4.39 Å². The van der Waals surface area contributed by atoms with Gasteiger partial charge in [0.2, 0.25) is 5.95 Å². The molecule has 37 heavy (non-hydrogen) atoms. The Kier molecular flexibility index (Phi) is 8.32. The number of allylic oxidation sites excluding steroid dienone is 1. The molecule has 0 spiro atoms. The van der Waals surface area contributed by atoms with E-state index in [1.807, 2.05) is 64.3 Å². The molecule has 2 heterocycles. The molecule has 0 bridgehead atoms. The Morgan fingerprint density at radius 1 is 1.24 bits per heavy atom. The topological polar surface area (TPSA) is 67.8 Å². The van der Waals surface area contributed by atoms with Crippen LogP contribution in [-0.2, 0) is 0 Å². The number of aliphatic hydroxyl groups is 1. The number of likely N-dealkylation sites (N-methyl/N-ethyl adjacent to an activating group) is 3. The molecular weight excluding hydrogens is 491 g/mol. The fourth-order valence-corrected chi connectivity index (χ4v) is 4.48. The molecule has 0 amide bonds. The summed E-state index contributed by atoms with van der Waals surface area (Å²) in [7, 11) is 7.90. The molecule has 0 unspecified atom stereocenters. The minimum atomic E-state index is -0.543. The number of halogens is 2. The zero-order chi connectivity index (χ0) is 26.7.